The molecule has 1 aliphatic rings. The Kier molecular flexibility index (Phi) is 3.29. The molecule has 26 heavy (non-hydrogen) atoms. The average molecular weight is 352 g/mol. The van der Waals surface area contributed by atoms with E-state index in [9.17, 15) is 19.2 Å². The van der Waals surface area contributed by atoms with Crippen molar-refractivity contribution in [1.29, 1.82) is 0 Å². The maximum absolute atomic E-state index is 13.1. The zero-order chi connectivity index (χ0) is 18.6. The van der Waals surface area contributed by atoms with E-state index in [4.69, 9.17) is 0 Å². The summed E-state index contributed by atoms with van der Waals surface area (Å²) >= 11 is 0. The van der Waals surface area contributed by atoms with Crippen LogP contribution in [0.4, 0.5) is 0 Å². The standard InChI is InChI=1S/C16H12N6O4/c1-6-3-9(23)17-13-11(6)15(25)12-7(2)4-10(24)22(14(12)16(13)26)5-8-18-20-21-19-8/h3-4H,5H2,1-2H3,(H,17,23)(H,18,19,20,21). The first kappa shape index (κ1) is 15.8. The van der Waals surface area contributed by atoms with Gasteiger partial charge in [0.15, 0.2) is 11.6 Å². The fraction of sp³-hybridized carbons (Fsp3) is 0.188. The molecule has 2 N–H and O–H groups in total. The number of nitrogens with zero attached hydrogens (tertiary/aromatic N) is 4. The molecule has 0 fully saturated rings. The van der Waals surface area contributed by atoms with Crippen molar-refractivity contribution in [1.82, 2.24) is 30.2 Å². The Labute approximate surface area is 144 Å². The van der Waals surface area contributed by atoms with Gasteiger partial charge in [0, 0.05) is 12.1 Å². The molecule has 0 radical (unpaired) electrons. The van der Waals surface area contributed by atoms with E-state index in [1.807, 2.05) is 0 Å². The average Bonchev–Trinajstić information content (AvgIpc) is 3.07. The zero-order valence-electron chi connectivity index (χ0n) is 13.8. The summed E-state index contributed by atoms with van der Waals surface area (Å²) in [5.41, 5.74) is -0.0862. The Balaban J connectivity index is 2.04. The molecular weight excluding hydrogens is 340 g/mol. The molecule has 0 saturated carbocycles. The molecule has 3 aromatic rings. The molecule has 0 atom stereocenters. The number of rotatable bonds is 2. The fourth-order valence-electron chi connectivity index (χ4n) is 3.23. The fourth-order valence-corrected chi connectivity index (χ4v) is 3.23. The molecule has 3 aromatic heterocycles. The number of H-pyrrole nitrogens is 2. The molecular formula is C16H12N6O4. The summed E-state index contributed by atoms with van der Waals surface area (Å²) in [5.74, 6) is -0.829. The minimum Gasteiger partial charge on any atom is -0.318 e. The Morgan fingerprint density at radius 3 is 2.42 bits per heavy atom. The summed E-state index contributed by atoms with van der Waals surface area (Å²) in [4.78, 5) is 52.8. The van der Waals surface area contributed by atoms with Crippen LogP contribution in [0.1, 0.15) is 49.1 Å². The third-order valence-corrected chi connectivity index (χ3v) is 4.33. The number of aromatic nitrogens is 6. The highest BCUT2D eigenvalue weighted by molar-refractivity contribution is 6.27. The first-order valence-electron chi connectivity index (χ1n) is 7.68. The summed E-state index contributed by atoms with van der Waals surface area (Å²) in [6.45, 7) is 3.05. The molecule has 0 aliphatic heterocycles. The highest BCUT2D eigenvalue weighted by Gasteiger charge is 2.36. The highest BCUT2D eigenvalue weighted by Crippen LogP contribution is 2.28. The summed E-state index contributed by atoms with van der Waals surface area (Å²) in [6.07, 6.45) is 0. The second-order valence-corrected chi connectivity index (χ2v) is 6.03. The van der Waals surface area contributed by atoms with Crippen molar-refractivity contribution in [3.05, 3.63) is 72.3 Å². The van der Waals surface area contributed by atoms with Gasteiger partial charge in [0.25, 0.3) is 5.56 Å². The SMILES string of the molecule is Cc1cc(=O)[nH]c2c1C(=O)c1c(C)cc(=O)n(Cc3nn[nH]n3)c1C2=O. The highest BCUT2D eigenvalue weighted by atomic mass is 16.2. The molecule has 0 spiro atoms. The van der Waals surface area contributed by atoms with Gasteiger partial charge in [0.2, 0.25) is 11.3 Å². The summed E-state index contributed by atoms with van der Waals surface area (Å²) in [7, 11) is 0. The van der Waals surface area contributed by atoms with Crippen molar-refractivity contribution >= 4 is 11.6 Å². The Morgan fingerprint density at radius 1 is 1.00 bits per heavy atom. The second kappa shape index (κ2) is 5.41. The number of fused-ring (bicyclic) bond motifs is 2. The number of tetrazole rings is 1. The summed E-state index contributed by atoms with van der Waals surface area (Å²) < 4.78 is 1.12. The lowest BCUT2D eigenvalue weighted by atomic mass is 9.85. The van der Waals surface area contributed by atoms with E-state index in [1.165, 1.54) is 12.1 Å². The number of carbonyl (C=O) groups is 2. The molecule has 10 nitrogen and oxygen atoms in total. The quantitative estimate of drug-likeness (QED) is 0.494. The van der Waals surface area contributed by atoms with Gasteiger partial charge in [-0.3, -0.25) is 23.7 Å². The number of carbonyl (C=O) groups excluding carboxylic acids is 2. The van der Waals surface area contributed by atoms with Crippen LogP contribution in [0.2, 0.25) is 0 Å². The Morgan fingerprint density at radius 2 is 1.73 bits per heavy atom. The minimum absolute atomic E-state index is 0.0847. The van der Waals surface area contributed by atoms with Gasteiger partial charge in [0.05, 0.1) is 17.7 Å². The van der Waals surface area contributed by atoms with Crippen molar-refractivity contribution in [2.45, 2.75) is 20.4 Å². The predicted molar refractivity (Wildman–Crippen MR) is 87.4 cm³/mol. The first-order valence-corrected chi connectivity index (χ1v) is 7.68. The number of aryl methyl sites for hydroxylation is 2. The third-order valence-electron chi connectivity index (χ3n) is 4.33. The van der Waals surface area contributed by atoms with Crippen LogP contribution in [-0.2, 0) is 6.54 Å². The van der Waals surface area contributed by atoms with Gasteiger partial charge in [-0.25, -0.2) is 0 Å². The van der Waals surface area contributed by atoms with Crippen LogP contribution in [0.5, 0.6) is 0 Å². The van der Waals surface area contributed by atoms with Crippen molar-refractivity contribution in [2.75, 3.05) is 0 Å². The lowest BCUT2D eigenvalue weighted by Crippen LogP contribution is -2.36. The van der Waals surface area contributed by atoms with E-state index in [2.05, 4.69) is 25.6 Å². The lowest BCUT2D eigenvalue weighted by molar-refractivity contribution is 0.0965. The Bertz CT molecular complexity index is 1200. The molecule has 0 unspecified atom stereocenters. The van der Waals surface area contributed by atoms with Crippen LogP contribution in [0.15, 0.2) is 21.7 Å². The maximum Gasteiger partial charge on any atom is 0.251 e. The number of nitrogens with one attached hydrogen (secondary N) is 2. The van der Waals surface area contributed by atoms with Gasteiger partial charge in [0.1, 0.15) is 11.4 Å². The molecule has 0 saturated heterocycles. The van der Waals surface area contributed by atoms with Gasteiger partial charge in [-0.1, -0.05) is 5.21 Å². The smallest absolute Gasteiger partial charge is 0.251 e. The maximum atomic E-state index is 13.1. The van der Waals surface area contributed by atoms with Gasteiger partial charge >= 0.3 is 0 Å². The normalized spacial score (nSPS) is 12.8. The topological polar surface area (TPSA) is 143 Å². The van der Waals surface area contributed by atoms with E-state index in [0.29, 0.717) is 11.1 Å². The van der Waals surface area contributed by atoms with E-state index in [-0.39, 0.29) is 34.9 Å². The monoisotopic (exact) mass is 352 g/mol. The number of pyridine rings is 2. The van der Waals surface area contributed by atoms with Gasteiger partial charge < -0.3 is 4.98 Å². The summed E-state index contributed by atoms with van der Waals surface area (Å²) in [6, 6.07) is 2.55. The van der Waals surface area contributed by atoms with Gasteiger partial charge in [-0.05, 0) is 25.0 Å². The number of aromatic amines is 2. The predicted octanol–water partition coefficient (Wildman–Crippen LogP) is -0.510. The molecule has 0 aromatic carbocycles. The van der Waals surface area contributed by atoms with Crippen LogP contribution in [0, 0.1) is 13.8 Å². The van der Waals surface area contributed by atoms with Crippen molar-refractivity contribution in [2.24, 2.45) is 0 Å². The molecule has 3 heterocycles. The number of hydrogen-bond donors (Lipinski definition) is 2. The molecule has 1 aliphatic carbocycles. The van der Waals surface area contributed by atoms with Crippen LogP contribution >= 0.6 is 0 Å². The first-order chi connectivity index (χ1) is 12.4. The van der Waals surface area contributed by atoms with Crippen LogP contribution in [0.3, 0.4) is 0 Å². The minimum atomic E-state index is -0.598. The van der Waals surface area contributed by atoms with E-state index < -0.39 is 22.7 Å². The van der Waals surface area contributed by atoms with E-state index >= 15 is 0 Å². The van der Waals surface area contributed by atoms with E-state index in [1.54, 1.807) is 13.8 Å². The molecule has 4 rings (SSSR count). The lowest BCUT2D eigenvalue weighted by Gasteiger charge is -2.23. The third kappa shape index (κ3) is 2.15. The van der Waals surface area contributed by atoms with Crippen LogP contribution in [0.25, 0.3) is 0 Å². The van der Waals surface area contributed by atoms with E-state index in [0.717, 1.165) is 4.57 Å². The van der Waals surface area contributed by atoms with Crippen LogP contribution < -0.4 is 11.1 Å². The molecule has 0 amide bonds. The Hall–Kier alpha value is -3.69. The van der Waals surface area contributed by atoms with Crippen molar-refractivity contribution < 1.29 is 9.59 Å². The largest absolute Gasteiger partial charge is 0.318 e. The van der Waals surface area contributed by atoms with Crippen molar-refractivity contribution in [3.8, 4) is 0 Å². The number of hydrogen-bond acceptors (Lipinski definition) is 7. The van der Waals surface area contributed by atoms with Gasteiger partial charge in [-0.15, -0.1) is 10.2 Å². The molecule has 10 heteroatoms. The van der Waals surface area contributed by atoms with Crippen LogP contribution in [-0.4, -0.2) is 41.7 Å². The molecule has 0 bridgehead atoms. The van der Waals surface area contributed by atoms with Crippen molar-refractivity contribution in [3.63, 3.8) is 0 Å². The van der Waals surface area contributed by atoms with Gasteiger partial charge in [-0.2, -0.15) is 5.21 Å². The molecule has 130 valence electrons. The zero-order valence-corrected chi connectivity index (χ0v) is 13.8. The second-order valence-electron chi connectivity index (χ2n) is 6.03. The summed E-state index contributed by atoms with van der Waals surface area (Å²) in [5, 5.41) is 13.2. The number of ketones is 2.